The topological polar surface area (TPSA) is 51.3 Å². The van der Waals surface area contributed by atoms with Gasteiger partial charge >= 0.3 is 0 Å². The first-order valence-electron chi connectivity index (χ1n) is 7.93. The Labute approximate surface area is 139 Å². The number of nitrogens with zero attached hydrogens (tertiary/aromatic N) is 3. The zero-order valence-electron chi connectivity index (χ0n) is 13.4. The van der Waals surface area contributed by atoms with E-state index < -0.39 is 0 Å². The first-order chi connectivity index (χ1) is 11.7. The van der Waals surface area contributed by atoms with Crippen molar-refractivity contribution in [3.05, 3.63) is 72.2 Å². The molecule has 0 saturated heterocycles. The third kappa shape index (κ3) is 2.54. The Kier molecular flexibility index (Phi) is 3.54. The lowest BCUT2D eigenvalue weighted by molar-refractivity contribution is -0.120. The Balaban J connectivity index is 1.48. The van der Waals surface area contributed by atoms with E-state index in [-0.39, 0.29) is 5.91 Å². The van der Waals surface area contributed by atoms with E-state index in [0.29, 0.717) is 13.0 Å². The minimum atomic E-state index is 0.0154. The van der Waals surface area contributed by atoms with Crippen LogP contribution in [-0.4, -0.2) is 20.1 Å². The largest absolute Gasteiger partial charge is 0.352 e. The van der Waals surface area contributed by atoms with Crippen LogP contribution in [0.4, 0.5) is 0 Å². The van der Waals surface area contributed by atoms with Crippen molar-refractivity contribution in [1.82, 2.24) is 19.5 Å². The predicted octanol–water partition coefficient (Wildman–Crippen LogP) is 2.68. The average Bonchev–Trinajstić information content (AvgIpc) is 3.15. The first kappa shape index (κ1) is 14.5. The second kappa shape index (κ2) is 5.85. The lowest BCUT2D eigenvalue weighted by Gasteiger charge is -2.04. The number of carbonyl (C=O) groups excluding carboxylic acids is 1. The molecule has 0 aliphatic carbocycles. The summed E-state index contributed by atoms with van der Waals surface area (Å²) in [7, 11) is 2.00. The highest BCUT2D eigenvalue weighted by Crippen LogP contribution is 2.20. The van der Waals surface area contributed by atoms with E-state index in [1.54, 1.807) is 6.20 Å². The minimum Gasteiger partial charge on any atom is -0.352 e. The van der Waals surface area contributed by atoms with Crippen LogP contribution >= 0.6 is 0 Å². The molecule has 3 heterocycles. The van der Waals surface area contributed by atoms with Crippen molar-refractivity contribution in [3.8, 4) is 0 Å². The minimum absolute atomic E-state index is 0.0154. The van der Waals surface area contributed by atoms with Gasteiger partial charge in [-0.1, -0.05) is 24.3 Å². The quantitative estimate of drug-likeness (QED) is 0.629. The van der Waals surface area contributed by atoms with Crippen molar-refractivity contribution in [2.24, 2.45) is 7.05 Å². The van der Waals surface area contributed by atoms with Crippen LogP contribution in [0, 0.1) is 0 Å². The summed E-state index contributed by atoms with van der Waals surface area (Å²) in [6.07, 6.45) is 6.10. The van der Waals surface area contributed by atoms with Crippen LogP contribution in [0.25, 0.3) is 16.4 Å². The molecule has 1 aromatic carbocycles. The van der Waals surface area contributed by atoms with Crippen LogP contribution in [0.15, 0.2) is 61.1 Å². The van der Waals surface area contributed by atoms with Gasteiger partial charge in [0.25, 0.3) is 0 Å². The number of benzene rings is 1. The van der Waals surface area contributed by atoms with Crippen LogP contribution in [0.3, 0.4) is 0 Å². The Morgan fingerprint density at radius 3 is 2.79 bits per heavy atom. The summed E-state index contributed by atoms with van der Waals surface area (Å²) in [5.74, 6) is 0.0154. The normalized spacial score (nSPS) is 11.2. The summed E-state index contributed by atoms with van der Waals surface area (Å²) in [6.45, 7) is 0.483. The van der Waals surface area contributed by atoms with E-state index in [1.807, 2.05) is 54.3 Å². The Hall–Kier alpha value is -3.08. The van der Waals surface area contributed by atoms with Gasteiger partial charge in [0, 0.05) is 42.5 Å². The number of aryl methyl sites for hydroxylation is 1. The van der Waals surface area contributed by atoms with Gasteiger partial charge in [-0.2, -0.15) is 5.10 Å². The van der Waals surface area contributed by atoms with Crippen molar-refractivity contribution < 1.29 is 4.79 Å². The standard InChI is InChI=1S/C19H18N4O/c1-22-13-14(16-6-2-3-8-18(16)22)10-19(24)20-11-15-12-21-23-9-5-4-7-17(15)23/h2-9,12-13H,10-11H2,1H3,(H,20,24). The zero-order valence-corrected chi connectivity index (χ0v) is 13.4. The summed E-state index contributed by atoms with van der Waals surface area (Å²) >= 11 is 0. The fourth-order valence-electron chi connectivity index (χ4n) is 3.12. The molecular formula is C19H18N4O. The lowest BCUT2D eigenvalue weighted by atomic mass is 10.1. The second-order valence-electron chi connectivity index (χ2n) is 5.94. The highest BCUT2D eigenvalue weighted by molar-refractivity contribution is 5.89. The smallest absolute Gasteiger partial charge is 0.224 e. The molecule has 3 aromatic heterocycles. The van der Waals surface area contributed by atoms with Gasteiger partial charge in [-0.3, -0.25) is 4.79 Å². The summed E-state index contributed by atoms with van der Waals surface area (Å²) in [5, 5.41) is 8.42. The third-order valence-electron chi connectivity index (χ3n) is 4.31. The van der Waals surface area contributed by atoms with Gasteiger partial charge in [-0.25, -0.2) is 4.52 Å². The summed E-state index contributed by atoms with van der Waals surface area (Å²) in [4.78, 5) is 12.3. The molecule has 5 heteroatoms. The van der Waals surface area contributed by atoms with Crippen molar-refractivity contribution in [1.29, 1.82) is 0 Å². The van der Waals surface area contributed by atoms with E-state index in [1.165, 1.54) is 0 Å². The molecule has 1 amide bonds. The maximum atomic E-state index is 12.3. The van der Waals surface area contributed by atoms with Crippen LogP contribution in [0.5, 0.6) is 0 Å². The molecule has 0 aliphatic heterocycles. The van der Waals surface area contributed by atoms with Gasteiger partial charge in [0.2, 0.25) is 5.91 Å². The summed E-state index contributed by atoms with van der Waals surface area (Å²) in [5.41, 5.74) is 4.22. The Morgan fingerprint density at radius 2 is 1.88 bits per heavy atom. The van der Waals surface area contributed by atoms with Crippen LogP contribution in [-0.2, 0) is 24.8 Å². The number of amides is 1. The number of carbonyl (C=O) groups is 1. The highest BCUT2D eigenvalue weighted by Gasteiger charge is 2.11. The molecule has 0 bridgehead atoms. The zero-order chi connectivity index (χ0) is 16.5. The number of hydrogen-bond donors (Lipinski definition) is 1. The summed E-state index contributed by atoms with van der Waals surface area (Å²) < 4.78 is 3.87. The van der Waals surface area contributed by atoms with Gasteiger partial charge in [-0.15, -0.1) is 0 Å². The molecule has 0 atom stereocenters. The molecule has 0 fully saturated rings. The SMILES string of the molecule is Cn1cc(CC(=O)NCc2cnn3ccccc23)c2ccccc21. The maximum Gasteiger partial charge on any atom is 0.224 e. The number of fused-ring (bicyclic) bond motifs is 2. The van der Waals surface area contributed by atoms with Gasteiger partial charge < -0.3 is 9.88 Å². The van der Waals surface area contributed by atoms with Gasteiger partial charge in [0.15, 0.2) is 0 Å². The maximum absolute atomic E-state index is 12.3. The fourth-order valence-corrected chi connectivity index (χ4v) is 3.12. The molecule has 120 valence electrons. The highest BCUT2D eigenvalue weighted by atomic mass is 16.1. The average molecular weight is 318 g/mol. The number of rotatable bonds is 4. The molecule has 1 N–H and O–H groups in total. The molecule has 0 spiro atoms. The molecule has 5 nitrogen and oxygen atoms in total. The second-order valence-corrected chi connectivity index (χ2v) is 5.94. The van der Waals surface area contributed by atoms with E-state index in [2.05, 4.69) is 27.1 Å². The summed E-state index contributed by atoms with van der Waals surface area (Å²) in [6, 6.07) is 14.0. The number of pyridine rings is 1. The molecule has 4 rings (SSSR count). The molecule has 4 aromatic rings. The molecule has 0 aliphatic rings. The monoisotopic (exact) mass is 318 g/mol. The van der Waals surface area contributed by atoms with Gasteiger partial charge in [0.1, 0.15) is 0 Å². The molecule has 0 unspecified atom stereocenters. The van der Waals surface area contributed by atoms with E-state index in [9.17, 15) is 4.79 Å². The number of aromatic nitrogens is 3. The van der Waals surface area contributed by atoms with E-state index in [4.69, 9.17) is 0 Å². The van der Waals surface area contributed by atoms with Crippen molar-refractivity contribution in [3.63, 3.8) is 0 Å². The van der Waals surface area contributed by atoms with Crippen molar-refractivity contribution in [2.75, 3.05) is 0 Å². The Bertz CT molecular complexity index is 1030. The molecule has 0 saturated carbocycles. The predicted molar refractivity (Wildman–Crippen MR) is 93.7 cm³/mol. The van der Waals surface area contributed by atoms with Crippen LogP contribution in [0.1, 0.15) is 11.1 Å². The lowest BCUT2D eigenvalue weighted by Crippen LogP contribution is -2.24. The van der Waals surface area contributed by atoms with Crippen LogP contribution in [0.2, 0.25) is 0 Å². The van der Waals surface area contributed by atoms with Gasteiger partial charge in [-0.05, 0) is 23.8 Å². The van der Waals surface area contributed by atoms with Crippen molar-refractivity contribution in [2.45, 2.75) is 13.0 Å². The van der Waals surface area contributed by atoms with Crippen LogP contribution < -0.4 is 5.32 Å². The number of nitrogens with one attached hydrogen (secondary N) is 1. The molecule has 0 radical (unpaired) electrons. The van der Waals surface area contributed by atoms with Gasteiger partial charge in [0.05, 0.1) is 18.1 Å². The number of hydrogen-bond acceptors (Lipinski definition) is 2. The first-order valence-corrected chi connectivity index (χ1v) is 7.93. The van der Waals surface area contributed by atoms with E-state index in [0.717, 1.165) is 27.5 Å². The number of para-hydroxylation sites is 1. The van der Waals surface area contributed by atoms with E-state index >= 15 is 0 Å². The molecule has 24 heavy (non-hydrogen) atoms. The molecular weight excluding hydrogens is 300 g/mol. The fraction of sp³-hybridized carbons (Fsp3) is 0.158. The third-order valence-corrected chi connectivity index (χ3v) is 4.31. The van der Waals surface area contributed by atoms with Crippen molar-refractivity contribution >= 4 is 22.3 Å². The Morgan fingerprint density at radius 1 is 1.08 bits per heavy atom.